The summed E-state index contributed by atoms with van der Waals surface area (Å²) in [5.41, 5.74) is 3.24. The van der Waals surface area contributed by atoms with Crippen LogP contribution in [0.2, 0.25) is 0 Å². The first-order chi connectivity index (χ1) is 11.4. The van der Waals surface area contributed by atoms with E-state index < -0.39 is 17.9 Å². The van der Waals surface area contributed by atoms with Gasteiger partial charge in [-0.25, -0.2) is 4.39 Å². The zero-order valence-electron chi connectivity index (χ0n) is 12.9. The van der Waals surface area contributed by atoms with Crippen LogP contribution >= 0.6 is 0 Å². The molecule has 0 fully saturated rings. The second kappa shape index (κ2) is 6.30. The van der Waals surface area contributed by atoms with Crippen LogP contribution in [0.3, 0.4) is 0 Å². The summed E-state index contributed by atoms with van der Waals surface area (Å²) in [4.78, 5) is 0. The number of halogens is 4. The van der Waals surface area contributed by atoms with Crippen LogP contribution in [0.1, 0.15) is 34.6 Å². The van der Waals surface area contributed by atoms with Crippen molar-refractivity contribution in [3.63, 3.8) is 0 Å². The van der Waals surface area contributed by atoms with E-state index in [0.717, 1.165) is 22.8 Å². The molecule has 0 saturated carbocycles. The Morgan fingerprint density at radius 2 is 1.79 bits per heavy atom. The van der Waals surface area contributed by atoms with Crippen LogP contribution in [-0.4, -0.2) is 6.36 Å². The molecular formula is C19H16F4O. The molecule has 0 amide bonds. The Kier molecular flexibility index (Phi) is 4.35. The summed E-state index contributed by atoms with van der Waals surface area (Å²) in [6.07, 6.45) is -1.44. The minimum absolute atomic E-state index is 0.227. The quantitative estimate of drug-likeness (QED) is 0.659. The second-order valence-electron chi connectivity index (χ2n) is 5.87. The fourth-order valence-electron chi connectivity index (χ4n) is 3.18. The highest BCUT2D eigenvalue weighted by Gasteiger charge is 2.34. The van der Waals surface area contributed by atoms with Crippen LogP contribution in [0.25, 0.3) is 6.08 Å². The van der Waals surface area contributed by atoms with Crippen LogP contribution in [0.5, 0.6) is 5.75 Å². The average Bonchev–Trinajstić information content (AvgIpc) is 2.56. The molecule has 1 atom stereocenters. The lowest BCUT2D eigenvalue weighted by atomic mass is 9.80. The third kappa shape index (κ3) is 3.45. The molecule has 0 bridgehead atoms. The number of hydrogen-bond acceptors (Lipinski definition) is 1. The second-order valence-corrected chi connectivity index (χ2v) is 5.87. The first kappa shape index (κ1) is 16.6. The van der Waals surface area contributed by atoms with Gasteiger partial charge in [-0.15, -0.1) is 13.2 Å². The van der Waals surface area contributed by atoms with Crippen molar-refractivity contribution in [2.45, 2.75) is 31.5 Å². The number of ether oxygens (including phenoxy) is 1. The van der Waals surface area contributed by atoms with Gasteiger partial charge in [0.05, 0.1) is 0 Å². The van der Waals surface area contributed by atoms with Crippen LogP contribution in [0, 0.1) is 5.82 Å². The number of hydrogen-bond donors (Lipinski definition) is 0. The molecule has 0 aliphatic heterocycles. The Labute approximate surface area is 137 Å². The van der Waals surface area contributed by atoms with Crippen molar-refractivity contribution in [1.82, 2.24) is 0 Å². The Balaban J connectivity index is 1.83. The predicted molar refractivity (Wildman–Crippen MR) is 84.4 cm³/mol. The minimum Gasteiger partial charge on any atom is -0.403 e. The summed E-state index contributed by atoms with van der Waals surface area (Å²) >= 11 is 0. The van der Waals surface area contributed by atoms with Crippen molar-refractivity contribution in [2.24, 2.45) is 0 Å². The van der Waals surface area contributed by atoms with E-state index >= 15 is 0 Å². The fourth-order valence-corrected chi connectivity index (χ4v) is 3.18. The largest absolute Gasteiger partial charge is 0.573 e. The fraction of sp³-hybridized carbons (Fsp3) is 0.263. The standard InChI is InChI=1S/C19H16F4O/c1-2-12-3-5-13(6-4-12)14-7-9-16-15(11-14)8-10-17(18(16)20)24-19(21,22)23/h2-6,8,10,14H,1,7,9,11H2. The molecule has 1 aliphatic carbocycles. The zero-order chi connectivity index (χ0) is 17.3. The summed E-state index contributed by atoms with van der Waals surface area (Å²) in [5, 5.41) is 0. The lowest BCUT2D eigenvalue weighted by Crippen LogP contribution is -2.20. The molecular weight excluding hydrogens is 320 g/mol. The van der Waals surface area contributed by atoms with Gasteiger partial charge in [0, 0.05) is 0 Å². The highest BCUT2D eigenvalue weighted by molar-refractivity contribution is 5.48. The first-order valence-corrected chi connectivity index (χ1v) is 7.66. The van der Waals surface area contributed by atoms with Crippen molar-refractivity contribution >= 4 is 6.08 Å². The van der Waals surface area contributed by atoms with Crippen LogP contribution in [0.15, 0.2) is 43.0 Å². The van der Waals surface area contributed by atoms with Crippen molar-refractivity contribution in [3.8, 4) is 5.75 Å². The van der Waals surface area contributed by atoms with Gasteiger partial charge in [-0.05, 0) is 53.5 Å². The SMILES string of the molecule is C=Cc1ccc(C2CCc3c(ccc(OC(F)(F)F)c3F)C2)cc1. The Morgan fingerprint density at radius 1 is 1.08 bits per heavy atom. The number of alkyl halides is 3. The minimum atomic E-state index is -4.89. The van der Waals surface area contributed by atoms with E-state index in [0.29, 0.717) is 24.8 Å². The molecule has 3 rings (SSSR count). The molecule has 0 spiro atoms. The van der Waals surface area contributed by atoms with Crippen molar-refractivity contribution in [1.29, 1.82) is 0 Å². The van der Waals surface area contributed by atoms with E-state index in [1.54, 1.807) is 6.08 Å². The van der Waals surface area contributed by atoms with Gasteiger partial charge in [-0.2, -0.15) is 0 Å². The summed E-state index contributed by atoms with van der Waals surface area (Å²) in [6.45, 7) is 3.71. The maximum Gasteiger partial charge on any atom is 0.573 e. The maximum absolute atomic E-state index is 14.3. The molecule has 24 heavy (non-hydrogen) atoms. The average molecular weight is 336 g/mol. The summed E-state index contributed by atoms with van der Waals surface area (Å²) < 4.78 is 54.9. The van der Waals surface area contributed by atoms with Gasteiger partial charge >= 0.3 is 6.36 Å². The summed E-state index contributed by atoms with van der Waals surface area (Å²) in [6, 6.07) is 10.6. The molecule has 0 heterocycles. The normalized spacial score (nSPS) is 17.2. The summed E-state index contributed by atoms with van der Waals surface area (Å²) in [5.74, 6) is -1.43. The van der Waals surface area contributed by atoms with Crippen molar-refractivity contribution in [3.05, 3.63) is 71.0 Å². The Hall–Kier alpha value is -2.30. The van der Waals surface area contributed by atoms with E-state index in [4.69, 9.17) is 0 Å². The van der Waals surface area contributed by atoms with E-state index in [9.17, 15) is 17.6 Å². The number of fused-ring (bicyclic) bond motifs is 1. The van der Waals surface area contributed by atoms with Gasteiger partial charge in [0.15, 0.2) is 11.6 Å². The van der Waals surface area contributed by atoms with Gasteiger partial charge in [0.2, 0.25) is 0 Å². The van der Waals surface area contributed by atoms with Gasteiger partial charge in [0.25, 0.3) is 0 Å². The lowest BCUT2D eigenvalue weighted by Gasteiger charge is -2.26. The van der Waals surface area contributed by atoms with E-state index in [-0.39, 0.29) is 5.92 Å². The molecule has 0 saturated heterocycles. The van der Waals surface area contributed by atoms with Crippen LogP contribution < -0.4 is 4.74 Å². The molecule has 0 N–H and O–H groups in total. The molecule has 0 radical (unpaired) electrons. The molecule has 2 aromatic rings. The lowest BCUT2D eigenvalue weighted by molar-refractivity contribution is -0.275. The maximum atomic E-state index is 14.3. The van der Waals surface area contributed by atoms with Crippen molar-refractivity contribution < 1.29 is 22.3 Å². The molecule has 0 aromatic heterocycles. The smallest absolute Gasteiger partial charge is 0.403 e. The van der Waals surface area contributed by atoms with Gasteiger partial charge in [-0.3, -0.25) is 0 Å². The Morgan fingerprint density at radius 3 is 2.42 bits per heavy atom. The zero-order valence-corrected chi connectivity index (χ0v) is 12.9. The monoisotopic (exact) mass is 336 g/mol. The van der Waals surface area contributed by atoms with Crippen molar-refractivity contribution in [2.75, 3.05) is 0 Å². The number of benzene rings is 2. The van der Waals surface area contributed by atoms with Gasteiger partial charge in [0.1, 0.15) is 0 Å². The molecule has 1 unspecified atom stereocenters. The highest BCUT2D eigenvalue weighted by Crippen LogP contribution is 2.37. The van der Waals surface area contributed by atoms with Crippen LogP contribution in [-0.2, 0) is 12.8 Å². The predicted octanol–water partition coefficient (Wildman–Crippen LogP) is 5.64. The van der Waals surface area contributed by atoms with Gasteiger partial charge in [-0.1, -0.05) is 43.0 Å². The van der Waals surface area contributed by atoms with E-state index in [1.807, 2.05) is 24.3 Å². The Bertz CT molecular complexity index is 747. The van der Waals surface area contributed by atoms with Gasteiger partial charge < -0.3 is 4.74 Å². The summed E-state index contributed by atoms with van der Waals surface area (Å²) in [7, 11) is 0. The molecule has 1 aliphatic rings. The molecule has 126 valence electrons. The highest BCUT2D eigenvalue weighted by atomic mass is 19.4. The van der Waals surface area contributed by atoms with E-state index in [2.05, 4.69) is 11.3 Å². The molecule has 2 aromatic carbocycles. The van der Waals surface area contributed by atoms with Crippen LogP contribution in [0.4, 0.5) is 17.6 Å². The topological polar surface area (TPSA) is 9.23 Å². The first-order valence-electron chi connectivity index (χ1n) is 7.66. The van der Waals surface area contributed by atoms with E-state index in [1.165, 1.54) is 6.07 Å². The molecule has 5 heteroatoms. The third-order valence-electron chi connectivity index (χ3n) is 4.38. The third-order valence-corrected chi connectivity index (χ3v) is 4.38. The number of rotatable bonds is 3. The molecule has 1 nitrogen and oxygen atoms in total.